The van der Waals surface area contributed by atoms with Gasteiger partial charge in [0.15, 0.2) is 0 Å². The van der Waals surface area contributed by atoms with Crippen LogP contribution in [0.25, 0.3) is 15.7 Å². The van der Waals surface area contributed by atoms with E-state index in [1.807, 2.05) is 11.3 Å². The molecule has 2 unspecified atom stereocenters. The topological polar surface area (TPSA) is 23.5 Å². The molecule has 0 saturated heterocycles. The van der Waals surface area contributed by atoms with E-state index in [2.05, 4.69) is 71.0 Å². The Balaban J connectivity index is 1.25. The van der Waals surface area contributed by atoms with E-state index in [1.165, 1.54) is 58.9 Å². The molecule has 1 fully saturated rings. The van der Waals surface area contributed by atoms with Crippen molar-refractivity contribution in [3.63, 3.8) is 0 Å². The zero-order valence-corrected chi connectivity index (χ0v) is 19.8. The number of aliphatic hydroxyl groups excluding tert-OH is 1. The number of nitrogens with zero attached hydrogens (tertiary/aromatic N) is 1. The van der Waals surface area contributed by atoms with Crippen molar-refractivity contribution in [3.8, 4) is 0 Å². The molecule has 3 aromatic rings. The molecule has 2 atom stereocenters. The van der Waals surface area contributed by atoms with Crippen molar-refractivity contribution in [3.05, 3.63) is 77.2 Å². The third kappa shape index (κ3) is 4.85. The second kappa shape index (κ2) is 10.3. The number of thiophene rings is 1. The van der Waals surface area contributed by atoms with Gasteiger partial charge in [0.25, 0.3) is 0 Å². The standard InChI is InChI=1S/C29H35NOS/c31-28(24-10-5-2-6-11-24)26(22-8-3-1-4-9-22)16-20-30-18-14-23(15-19-30)27-13-7-12-25-17-21-32-29(25)27/h1,3-4,7-9,12-14,17,21,24,26,28,31H,2,5-6,10-11,15-16,18-20H2. The third-order valence-corrected chi connectivity index (χ3v) is 8.61. The van der Waals surface area contributed by atoms with E-state index in [1.54, 1.807) is 0 Å². The van der Waals surface area contributed by atoms with Crippen molar-refractivity contribution >= 4 is 27.0 Å². The van der Waals surface area contributed by atoms with Crippen molar-refractivity contribution in [1.82, 2.24) is 4.90 Å². The van der Waals surface area contributed by atoms with E-state index >= 15 is 0 Å². The van der Waals surface area contributed by atoms with Gasteiger partial charge in [0.05, 0.1) is 6.10 Å². The van der Waals surface area contributed by atoms with Crippen LogP contribution in [0.3, 0.4) is 0 Å². The molecule has 1 aromatic heterocycles. The van der Waals surface area contributed by atoms with Gasteiger partial charge in [0.2, 0.25) is 0 Å². The fourth-order valence-corrected chi connectivity index (χ4v) is 6.71. The van der Waals surface area contributed by atoms with Crippen molar-refractivity contribution < 1.29 is 5.11 Å². The third-order valence-electron chi connectivity index (χ3n) is 7.65. The first-order valence-electron chi connectivity index (χ1n) is 12.4. The molecule has 32 heavy (non-hydrogen) atoms. The highest BCUT2D eigenvalue weighted by atomic mass is 32.1. The molecule has 2 nitrogen and oxygen atoms in total. The van der Waals surface area contributed by atoms with Gasteiger partial charge in [-0.1, -0.05) is 73.9 Å². The Morgan fingerprint density at radius 1 is 0.969 bits per heavy atom. The van der Waals surface area contributed by atoms with Gasteiger partial charge in [0, 0.05) is 23.7 Å². The van der Waals surface area contributed by atoms with E-state index in [0.29, 0.717) is 5.92 Å². The largest absolute Gasteiger partial charge is 0.392 e. The molecule has 1 N–H and O–H groups in total. The first-order valence-corrected chi connectivity index (χ1v) is 13.3. The van der Waals surface area contributed by atoms with Crippen LogP contribution in [0, 0.1) is 5.92 Å². The first kappa shape index (κ1) is 21.9. The lowest BCUT2D eigenvalue weighted by Gasteiger charge is -2.34. The summed E-state index contributed by atoms with van der Waals surface area (Å²) in [5, 5.41) is 14.9. The minimum absolute atomic E-state index is 0.218. The molecule has 3 heteroatoms. The van der Waals surface area contributed by atoms with Crippen molar-refractivity contribution in [2.45, 2.75) is 57.0 Å². The molecule has 1 aliphatic heterocycles. The molecule has 2 aromatic carbocycles. The smallest absolute Gasteiger partial charge is 0.0637 e. The maximum Gasteiger partial charge on any atom is 0.0637 e. The molecule has 2 aliphatic rings. The van der Waals surface area contributed by atoms with Gasteiger partial charge in [-0.15, -0.1) is 11.3 Å². The van der Waals surface area contributed by atoms with Crippen LogP contribution in [0.1, 0.15) is 62.0 Å². The van der Waals surface area contributed by atoms with Crippen LogP contribution in [0.5, 0.6) is 0 Å². The highest BCUT2D eigenvalue weighted by Crippen LogP contribution is 2.36. The molecule has 1 aliphatic carbocycles. The van der Waals surface area contributed by atoms with E-state index in [4.69, 9.17) is 0 Å². The maximum atomic E-state index is 11.4. The van der Waals surface area contributed by atoms with Gasteiger partial charge in [-0.05, 0) is 71.7 Å². The van der Waals surface area contributed by atoms with Gasteiger partial charge in [-0.25, -0.2) is 0 Å². The van der Waals surface area contributed by atoms with Crippen LogP contribution in [-0.4, -0.2) is 35.7 Å². The van der Waals surface area contributed by atoms with Gasteiger partial charge in [-0.3, -0.25) is 4.90 Å². The lowest BCUT2D eigenvalue weighted by molar-refractivity contribution is 0.0542. The molecule has 1 saturated carbocycles. The van der Waals surface area contributed by atoms with E-state index in [9.17, 15) is 5.11 Å². The predicted octanol–water partition coefficient (Wildman–Crippen LogP) is 7.11. The second-order valence-electron chi connectivity index (χ2n) is 9.62. The summed E-state index contributed by atoms with van der Waals surface area (Å²) in [4.78, 5) is 2.57. The summed E-state index contributed by atoms with van der Waals surface area (Å²) >= 11 is 1.85. The molecule has 0 radical (unpaired) electrons. The van der Waals surface area contributed by atoms with Gasteiger partial charge < -0.3 is 5.11 Å². The monoisotopic (exact) mass is 445 g/mol. The summed E-state index contributed by atoms with van der Waals surface area (Å²) in [5.41, 5.74) is 4.23. The van der Waals surface area contributed by atoms with E-state index in [-0.39, 0.29) is 12.0 Å². The average molecular weight is 446 g/mol. The van der Waals surface area contributed by atoms with Crippen LogP contribution in [-0.2, 0) is 0 Å². The van der Waals surface area contributed by atoms with Crippen molar-refractivity contribution in [2.75, 3.05) is 19.6 Å². The number of hydrogen-bond donors (Lipinski definition) is 1. The zero-order chi connectivity index (χ0) is 21.8. The van der Waals surface area contributed by atoms with Crippen LogP contribution in [0.4, 0.5) is 0 Å². The molecular weight excluding hydrogens is 410 g/mol. The second-order valence-corrected chi connectivity index (χ2v) is 10.5. The first-order chi connectivity index (χ1) is 15.8. The molecule has 0 amide bonds. The average Bonchev–Trinajstić information content (AvgIpc) is 3.35. The zero-order valence-electron chi connectivity index (χ0n) is 19.0. The van der Waals surface area contributed by atoms with Crippen LogP contribution in [0.2, 0.25) is 0 Å². The lowest BCUT2D eigenvalue weighted by atomic mass is 9.77. The van der Waals surface area contributed by atoms with Gasteiger partial charge in [-0.2, -0.15) is 0 Å². The van der Waals surface area contributed by atoms with Gasteiger partial charge >= 0.3 is 0 Å². The lowest BCUT2D eigenvalue weighted by Crippen LogP contribution is -2.34. The molecule has 168 valence electrons. The molecule has 2 heterocycles. The Bertz CT molecular complexity index is 1030. The molecule has 0 spiro atoms. The van der Waals surface area contributed by atoms with Crippen LogP contribution in [0.15, 0.2) is 66.1 Å². The Morgan fingerprint density at radius 3 is 2.59 bits per heavy atom. The van der Waals surface area contributed by atoms with E-state index < -0.39 is 0 Å². The summed E-state index contributed by atoms with van der Waals surface area (Å²) in [6, 6.07) is 19.7. The molecular formula is C29H35NOS. The quantitative estimate of drug-likeness (QED) is 0.419. The highest BCUT2D eigenvalue weighted by molar-refractivity contribution is 7.17. The van der Waals surface area contributed by atoms with Gasteiger partial charge in [0.1, 0.15) is 0 Å². The Morgan fingerprint density at radius 2 is 1.81 bits per heavy atom. The van der Waals surface area contributed by atoms with Crippen molar-refractivity contribution in [2.24, 2.45) is 5.92 Å². The highest BCUT2D eigenvalue weighted by Gasteiger charge is 2.30. The number of fused-ring (bicyclic) bond motifs is 1. The molecule has 5 rings (SSSR count). The predicted molar refractivity (Wildman–Crippen MR) is 137 cm³/mol. The number of benzene rings is 2. The summed E-state index contributed by atoms with van der Waals surface area (Å²) in [5.74, 6) is 0.706. The Hall–Kier alpha value is -1.94. The summed E-state index contributed by atoms with van der Waals surface area (Å²) in [7, 11) is 0. The van der Waals surface area contributed by atoms with Crippen LogP contribution >= 0.6 is 11.3 Å². The maximum absolute atomic E-state index is 11.4. The number of rotatable bonds is 7. The normalized spacial score (nSPS) is 20.2. The van der Waals surface area contributed by atoms with E-state index in [0.717, 1.165) is 32.5 Å². The fraction of sp³-hybridized carbons (Fsp3) is 0.448. The summed E-state index contributed by atoms with van der Waals surface area (Å²) in [6.45, 7) is 3.17. The minimum atomic E-state index is -0.218. The fourth-order valence-electron chi connectivity index (χ4n) is 5.77. The Labute approximate surface area is 196 Å². The number of hydrogen-bond acceptors (Lipinski definition) is 3. The summed E-state index contributed by atoms with van der Waals surface area (Å²) in [6.07, 6.45) is 10.6. The summed E-state index contributed by atoms with van der Waals surface area (Å²) < 4.78 is 1.42. The Kier molecular flexibility index (Phi) is 7.06. The SMILES string of the molecule is OC(C1CCCCC1)C(CCN1CC=C(c2cccc3ccsc23)CC1)c1ccccc1. The number of aliphatic hydroxyl groups is 1. The molecule has 0 bridgehead atoms. The minimum Gasteiger partial charge on any atom is -0.392 e. The van der Waals surface area contributed by atoms with Crippen molar-refractivity contribution in [1.29, 1.82) is 0 Å². The van der Waals surface area contributed by atoms with Crippen LogP contribution < -0.4 is 0 Å².